The fourth-order valence-electron chi connectivity index (χ4n) is 1.81. The number of fused-ring (bicyclic) bond motifs is 1. The van der Waals surface area contributed by atoms with Gasteiger partial charge in [0.05, 0.1) is 0 Å². The highest BCUT2D eigenvalue weighted by Gasteiger charge is 2.01. The lowest BCUT2D eigenvalue weighted by molar-refractivity contribution is 0.112. The van der Waals surface area contributed by atoms with Crippen LogP contribution in [0.4, 0.5) is 0 Å². The summed E-state index contributed by atoms with van der Waals surface area (Å²) in [5.41, 5.74) is 2.07. The molecule has 2 rings (SSSR count). The predicted molar refractivity (Wildman–Crippen MR) is 58.7 cm³/mol. The van der Waals surface area contributed by atoms with E-state index in [-0.39, 0.29) is 0 Å². The maximum Gasteiger partial charge on any atom is 0.150 e. The van der Waals surface area contributed by atoms with Gasteiger partial charge in [-0.15, -0.1) is 0 Å². The number of carbonyl (C=O) groups is 1. The van der Waals surface area contributed by atoms with Crippen molar-refractivity contribution in [2.24, 2.45) is 0 Å². The van der Waals surface area contributed by atoms with Crippen molar-refractivity contribution < 1.29 is 4.79 Å². The summed E-state index contributed by atoms with van der Waals surface area (Å²) in [5, 5.41) is 2.25. The van der Waals surface area contributed by atoms with Crippen LogP contribution in [0.25, 0.3) is 10.8 Å². The van der Waals surface area contributed by atoms with Crippen molar-refractivity contribution in [3.05, 3.63) is 47.5 Å². The van der Waals surface area contributed by atoms with Crippen molar-refractivity contribution in [3.8, 4) is 0 Å². The summed E-state index contributed by atoms with van der Waals surface area (Å²) in [7, 11) is 0. The molecule has 1 nitrogen and oxygen atoms in total. The van der Waals surface area contributed by atoms with Crippen molar-refractivity contribution in [1.29, 1.82) is 0 Å². The molecule has 70 valence electrons. The molecule has 0 unspecified atom stereocenters. The minimum atomic E-state index is 0.776. The number of aryl methyl sites for hydroxylation is 1. The van der Waals surface area contributed by atoms with Gasteiger partial charge < -0.3 is 0 Å². The molecule has 1 heteroatoms. The minimum Gasteiger partial charge on any atom is -0.298 e. The van der Waals surface area contributed by atoms with Crippen LogP contribution in [0.5, 0.6) is 0 Å². The zero-order chi connectivity index (χ0) is 9.97. The van der Waals surface area contributed by atoms with E-state index in [0.717, 1.165) is 23.7 Å². The molecule has 0 atom stereocenters. The average molecular weight is 184 g/mol. The first-order valence-electron chi connectivity index (χ1n) is 4.82. The molecular formula is C13H12O. The standard InChI is InChI=1S/C13H12O/c1-2-10-5-3-8-13-11(9-14)6-4-7-12(10)13/h3-9H,2H2,1H3. The van der Waals surface area contributed by atoms with Crippen LogP contribution in [-0.4, -0.2) is 6.29 Å². The van der Waals surface area contributed by atoms with Crippen LogP contribution in [0.3, 0.4) is 0 Å². The molecule has 0 spiro atoms. The topological polar surface area (TPSA) is 17.1 Å². The van der Waals surface area contributed by atoms with E-state index < -0.39 is 0 Å². The number of rotatable bonds is 2. The molecule has 0 bridgehead atoms. The fourth-order valence-corrected chi connectivity index (χ4v) is 1.81. The summed E-state index contributed by atoms with van der Waals surface area (Å²) < 4.78 is 0. The zero-order valence-electron chi connectivity index (χ0n) is 8.16. The lowest BCUT2D eigenvalue weighted by Gasteiger charge is -2.05. The van der Waals surface area contributed by atoms with Crippen LogP contribution in [0.15, 0.2) is 36.4 Å². The molecule has 14 heavy (non-hydrogen) atoms. The van der Waals surface area contributed by atoms with Gasteiger partial charge in [0, 0.05) is 5.56 Å². The maximum absolute atomic E-state index is 10.8. The summed E-state index contributed by atoms with van der Waals surface area (Å²) >= 11 is 0. The van der Waals surface area contributed by atoms with E-state index >= 15 is 0 Å². The molecule has 0 heterocycles. The molecule has 0 radical (unpaired) electrons. The molecule has 2 aromatic carbocycles. The molecule has 0 aromatic heterocycles. The van der Waals surface area contributed by atoms with E-state index in [1.807, 2.05) is 24.3 Å². The highest BCUT2D eigenvalue weighted by Crippen LogP contribution is 2.21. The Balaban J connectivity index is 2.84. The number of aldehydes is 1. The molecule has 0 fully saturated rings. The number of carbonyl (C=O) groups excluding carboxylic acids is 1. The lowest BCUT2D eigenvalue weighted by atomic mass is 9.99. The molecule has 0 aliphatic rings. The Kier molecular flexibility index (Phi) is 2.32. The van der Waals surface area contributed by atoms with Gasteiger partial charge in [-0.1, -0.05) is 43.3 Å². The van der Waals surface area contributed by atoms with Crippen molar-refractivity contribution in [1.82, 2.24) is 0 Å². The highest BCUT2D eigenvalue weighted by atomic mass is 16.1. The van der Waals surface area contributed by atoms with Gasteiger partial charge in [-0.25, -0.2) is 0 Å². The first-order chi connectivity index (χ1) is 6.86. The van der Waals surface area contributed by atoms with E-state index in [9.17, 15) is 4.79 Å². The van der Waals surface area contributed by atoms with E-state index in [1.54, 1.807) is 0 Å². The van der Waals surface area contributed by atoms with Crippen LogP contribution in [0.2, 0.25) is 0 Å². The molecule has 2 aromatic rings. The first-order valence-corrected chi connectivity index (χ1v) is 4.82. The Morgan fingerprint density at radius 3 is 2.50 bits per heavy atom. The van der Waals surface area contributed by atoms with Crippen molar-refractivity contribution in [2.75, 3.05) is 0 Å². The van der Waals surface area contributed by atoms with Gasteiger partial charge in [0.25, 0.3) is 0 Å². The number of hydrogen-bond acceptors (Lipinski definition) is 1. The largest absolute Gasteiger partial charge is 0.298 e. The number of hydrogen-bond donors (Lipinski definition) is 0. The van der Waals surface area contributed by atoms with Gasteiger partial charge in [0.2, 0.25) is 0 Å². The van der Waals surface area contributed by atoms with Crippen LogP contribution in [0.1, 0.15) is 22.8 Å². The monoisotopic (exact) mass is 184 g/mol. The second-order valence-corrected chi connectivity index (χ2v) is 3.33. The first kappa shape index (κ1) is 8.95. The lowest BCUT2D eigenvalue weighted by Crippen LogP contribution is -1.87. The second-order valence-electron chi connectivity index (χ2n) is 3.33. The molecule has 0 aliphatic heterocycles. The van der Waals surface area contributed by atoms with Crippen LogP contribution >= 0.6 is 0 Å². The Bertz CT molecular complexity index is 472. The Hall–Kier alpha value is -1.63. The highest BCUT2D eigenvalue weighted by molar-refractivity contribution is 5.99. The normalized spacial score (nSPS) is 10.4. The molecule has 0 aliphatic carbocycles. The summed E-state index contributed by atoms with van der Waals surface area (Å²) in [6.45, 7) is 2.13. The third-order valence-electron chi connectivity index (χ3n) is 2.55. The molecule has 0 saturated carbocycles. The zero-order valence-corrected chi connectivity index (χ0v) is 8.16. The molecular weight excluding hydrogens is 172 g/mol. The fraction of sp³-hybridized carbons (Fsp3) is 0.154. The van der Waals surface area contributed by atoms with Crippen LogP contribution < -0.4 is 0 Å². The molecule has 0 saturated heterocycles. The van der Waals surface area contributed by atoms with E-state index in [1.165, 1.54) is 10.9 Å². The van der Waals surface area contributed by atoms with E-state index in [2.05, 4.69) is 19.1 Å². The summed E-state index contributed by atoms with van der Waals surface area (Å²) in [4.78, 5) is 10.8. The molecule has 0 amide bonds. The Morgan fingerprint density at radius 2 is 1.79 bits per heavy atom. The maximum atomic E-state index is 10.8. The third kappa shape index (κ3) is 1.31. The van der Waals surface area contributed by atoms with Gasteiger partial charge in [0.15, 0.2) is 6.29 Å². The van der Waals surface area contributed by atoms with Gasteiger partial charge in [-0.05, 0) is 22.8 Å². The quantitative estimate of drug-likeness (QED) is 0.655. The van der Waals surface area contributed by atoms with Gasteiger partial charge >= 0.3 is 0 Å². The number of benzene rings is 2. The predicted octanol–water partition coefficient (Wildman–Crippen LogP) is 3.21. The van der Waals surface area contributed by atoms with Crippen molar-refractivity contribution in [3.63, 3.8) is 0 Å². The minimum absolute atomic E-state index is 0.776. The van der Waals surface area contributed by atoms with Crippen LogP contribution in [0, 0.1) is 0 Å². The molecule has 0 N–H and O–H groups in total. The summed E-state index contributed by atoms with van der Waals surface area (Å²) in [5.74, 6) is 0. The van der Waals surface area contributed by atoms with Crippen molar-refractivity contribution in [2.45, 2.75) is 13.3 Å². The SMILES string of the molecule is CCc1cccc2c(C=O)cccc12. The second kappa shape index (κ2) is 3.62. The van der Waals surface area contributed by atoms with E-state index in [4.69, 9.17) is 0 Å². The Labute approximate surface area is 83.4 Å². The summed E-state index contributed by atoms with van der Waals surface area (Å²) in [6, 6.07) is 12.0. The van der Waals surface area contributed by atoms with Gasteiger partial charge in [0.1, 0.15) is 0 Å². The van der Waals surface area contributed by atoms with Gasteiger partial charge in [-0.3, -0.25) is 4.79 Å². The van der Waals surface area contributed by atoms with Crippen molar-refractivity contribution >= 4 is 17.1 Å². The summed E-state index contributed by atoms with van der Waals surface area (Å²) in [6.07, 6.45) is 1.92. The smallest absolute Gasteiger partial charge is 0.150 e. The van der Waals surface area contributed by atoms with Crippen LogP contribution in [-0.2, 0) is 6.42 Å². The third-order valence-corrected chi connectivity index (χ3v) is 2.55. The van der Waals surface area contributed by atoms with E-state index in [0.29, 0.717) is 0 Å². The Morgan fingerprint density at radius 1 is 1.07 bits per heavy atom. The van der Waals surface area contributed by atoms with Gasteiger partial charge in [-0.2, -0.15) is 0 Å². The average Bonchev–Trinajstić information content (AvgIpc) is 2.27.